The van der Waals surface area contributed by atoms with Crippen molar-refractivity contribution >= 4 is 34.1 Å². The van der Waals surface area contributed by atoms with Gasteiger partial charge >= 0.3 is 0 Å². The molecule has 0 radical (unpaired) electrons. The van der Waals surface area contributed by atoms with Crippen LogP contribution in [0.5, 0.6) is 0 Å². The van der Waals surface area contributed by atoms with Gasteiger partial charge in [-0.05, 0) is 81.0 Å². The molecule has 4 bridgehead atoms. The van der Waals surface area contributed by atoms with Gasteiger partial charge < -0.3 is 5.32 Å². The Bertz CT molecular complexity index is 863. The fourth-order valence-corrected chi connectivity index (χ4v) is 6.79. The smallest absolute Gasteiger partial charge is 0.230 e. The molecule has 0 unspecified atom stereocenters. The Morgan fingerprint density at radius 2 is 1.96 bits per heavy atom. The first-order chi connectivity index (χ1) is 12.0. The molecule has 25 heavy (non-hydrogen) atoms. The Morgan fingerprint density at radius 3 is 2.68 bits per heavy atom. The van der Waals surface area contributed by atoms with E-state index < -0.39 is 0 Å². The van der Waals surface area contributed by atoms with Crippen molar-refractivity contribution in [2.45, 2.75) is 50.3 Å². The van der Waals surface area contributed by atoms with Gasteiger partial charge in [0.2, 0.25) is 5.91 Å². The van der Waals surface area contributed by atoms with Crippen molar-refractivity contribution in [3.05, 3.63) is 36.0 Å². The first kappa shape index (κ1) is 15.6. The van der Waals surface area contributed by atoms with Crippen molar-refractivity contribution in [2.75, 3.05) is 5.32 Å². The van der Waals surface area contributed by atoms with E-state index in [1.807, 2.05) is 24.3 Å². The Hall–Kier alpha value is -1.61. The van der Waals surface area contributed by atoms with E-state index >= 15 is 0 Å². The maximum atomic E-state index is 13.3. The van der Waals surface area contributed by atoms with Gasteiger partial charge in [0.15, 0.2) is 0 Å². The first-order valence-corrected chi connectivity index (χ1v) is 9.69. The number of anilines is 1. The Kier molecular flexibility index (Phi) is 3.25. The highest BCUT2D eigenvalue weighted by atomic mass is 35.5. The number of carbonyl (C=O) groups excluding carboxylic acids is 1. The molecule has 4 heteroatoms. The standard InChI is InChI=1S/C21H23ClN2O/c1-13-4-5-17(16-3-2-6-23-18(13)16)24-19(25)20-8-14-7-15(9-20)11-21(22,10-14)12-20/h2-6,14-15H,7-12H2,1H3,(H,24,25)/t14-,15-,20?,21?/m1/s1. The number of carbonyl (C=O) groups is 1. The second-order valence-electron chi connectivity index (χ2n) is 8.68. The lowest BCUT2D eigenvalue weighted by Crippen LogP contribution is -2.57. The Balaban J connectivity index is 1.49. The third kappa shape index (κ3) is 2.39. The quantitative estimate of drug-likeness (QED) is 0.766. The molecule has 2 atom stereocenters. The summed E-state index contributed by atoms with van der Waals surface area (Å²) < 4.78 is 0. The SMILES string of the molecule is Cc1ccc(NC(=O)C23C[C@H]4C[C@@H](CC(Cl)(C4)C2)C3)c2cccnc12. The van der Waals surface area contributed by atoms with Crippen molar-refractivity contribution in [3.63, 3.8) is 0 Å². The van der Waals surface area contributed by atoms with Gasteiger partial charge in [0.1, 0.15) is 0 Å². The highest BCUT2D eigenvalue weighted by Crippen LogP contribution is 2.64. The summed E-state index contributed by atoms with van der Waals surface area (Å²) in [6.07, 6.45) is 8.10. The van der Waals surface area contributed by atoms with Gasteiger partial charge in [-0.2, -0.15) is 0 Å². The van der Waals surface area contributed by atoms with Crippen molar-refractivity contribution in [3.8, 4) is 0 Å². The average molecular weight is 355 g/mol. The van der Waals surface area contributed by atoms with E-state index in [9.17, 15) is 4.79 Å². The van der Waals surface area contributed by atoms with Gasteiger partial charge in [-0.25, -0.2) is 0 Å². The summed E-state index contributed by atoms with van der Waals surface area (Å²) in [5.41, 5.74) is 2.69. The fraction of sp³-hybridized carbons (Fsp3) is 0.524. The molecule has 130 valence electrons. The van der Waals surface area contributed by atoms with Crippen LogP contribution in [0.3, 0.4) is 0 Å². The molecule has 6 rings (SSSR count). The predicted molar refractivity (Wildman–Crippen MR) is 101 cm³/mol. The number of fused-ring (bicyclic) bond motifs is 1. The molecule has 4 fully saturated rings. The summed E-state index contributed by atoms with van der Waals surface area (Å²) in [7, 11) is 0. The molecular formula is C21H23ClN2O. The van der Waals surface area contributed by atoms with Crippen LogP contribution in [0, 0.1) is 24.2 Å². The number of alkyl halides is 1. The molecule has 4 aliphatic carbocycles. The third-order valence-electron chi connectivity index (χ3n) is 6.69. The minimum Gasteiger partial charge on any atom is -0.325 e. The molecule has 1 heterocycles. The predicted octanol–water partition coefficient (Wildman–Crippen LogP) is 5.06. The molecule has 1 amide bonds. The summed E-state index contributed by atoms with van der Waals surface area (Å²) >= 11 is 6.89. The fourth-order valence-electron chi connectivity index (χ4n) is 6.09. The van der Waals surface area contributed by atoms with E-state index in [1.54, 1.807) is 6.20 Å². The number of halogens is 1. The highest BCUT2D eigenvalue weighted by molar-refractivity contribution is 6.24. The number of hydrogen-bond donors (Lipinski definition) is 1. The lowest BCUT2D eigenvalue weighted by atomic mass is 9.49. The molecule has 1 N–H and O–H groups in total. The number of pyridine rings is 1. The van der Waals surface area contributed by atoms with Crippen LogP contribution in [0.4, 0.5) is 5.69 Å². The molecule has 3 nitrogen and oxygen atoms in total. The second-order valence-corrected chi connectivity index (χ2v) is 9.48. The number of aromatic nitrogens is 1. The number of amides is 1. The van der Waals surface area contributed by atoms with Crippen molar-refractivity contribution in [2.24, 2.45) is 17.3 Å². The molecule has 0 spiro atoms. The zero-order valence-corrected chi connectivity index (χ0v) is 15.3. The summed E-state index contributed by atoms with van der Waals surface area (Å²) in [5.74, 6) is 1.42. The van der Waals surface area contributed by atoms with E-state index in [2.05, 4.69) is 17.2 Å². The van der Waals surface area contributed by atoms with Gasteiger partial charge in [0.25, 0.3) is 0 Å². The van der Waals surface area contributed by atoms with E-state index in [0.29, 0.717) is 11.8 Å². The molecule has 2 aromatic rings. The number of nitrogens with zero attached hydrogens (tertiary/aromatic N) is 1. The first-order valence-electron chi connectivity index (χ1n) is 9.31. The monoisotopic (exact) mass is 354 g/mol. The van der Waals surface area contributed by atoms with Crippen molar-refractivity contribution < 1.29 is 4.79 Å². The Morgan fingerprint density at radius 1 is 1.20 bits per heavy atom. The van der Waals surface area contributed by atoms with E-state index in [4.69, 9.17) is 11.6 Å². The molecule has 1 aromatic carbocycles. The van der Waals surface area contributed by atoms with Gasteiger partial charge in [0.05, 0.1) is 16.6 Å². The van der Waals surface area contributed by atoms with Gasteiger partial charge in [-0.1, -0.05) is 6.07 Å². The summed E-state index contributed by atoms with van der Waals surface area (Å²) in [6.45, 7) is 2.05. The number of aryl methyl sites for hydroxylation is 1. The summed E-state index contributed by atoms with van der Waals surface area (Å²) in [5, 5.41) is 4.26. The van der Waals surface area contributed by atoms with Crippen LogP contribution < -0.4 is 5.32 Å². The zero-order valence-electron chi connectivity index (χ0n) is 14.5. The topological polar surface area (TPSA) is 42.0 Å². The maximum absolute atomic E-state index is 13.3. The zero-order chi connectivity index (χ0) is 17.2. The van der Waals surface area contributed by atoms with Crippen LogP contribution in [0.25, 0.3) is 10.9 Å². The van der Waals surface area contributed by atoms with Crippen molar-refractivity contribution in [1.82, 2.24) is 4.98 Å². The maximum Gasteiger partial charge on any atom is 0.230 e. The number of nitrogens with one attached hydrogen (secondary N) is 1. The minimum atomic E-state index is -0.273. The van der Waals surface area contributed by atoms with Crippen LogP contribution in [0.2, 0.25) is 0 Å². The van der Waals surface area contributed by atoms with Gasteiger partial charge in [-0.15, -0.1) is 11.6 Å². The normalized spacial score (nSPS) is 35.9. The lowest BCUT2D eigenvalue weighted by Gasteiger charge is -2.59. The number of benzene rings is 1. The minimum absolute atomic E-state index is 0.141. The number of rotatable bonds is 2. The van der Waals surface area contributed by atoms with Gasteiger partial charge in [0, 0.05) is 16.5 Å². The molecule has 0 saturated heterocycles. The summed E-state index contributed by atoms with van der Waals surface area (Å²) in [4.78, 5) is 17.7. The van der Waals surface area contributed by atoms with Crippen LogP contribution >= 0.6 is 11.6 Å². The molecule has 1 aromatic heterocycles. The largest absolute Gasteiger partial charge is 0.325 e. The van der Waals surface area contributed by atoms with E-state index in [1.165, 1.54) is 6.42 Å². The van der Waals surface area contributed by atoms with E-state index in [-0.39, 0.29) is 16.2 Å². The van der Waals surface area contributed by atoms with Crippen LogP contribution in [0.1, 0.15) is 44.1 Å². The second kappa shape index (κ2) is 5.20. The third-order valence-corrected chi connectivity index (χ3v) is 7.13. The number of hydrogen-bond acceptors (Lipinski definition) is 2. The molecule has 0 aliphatic heterocycles. The molecule has 4 saturated carbocycles. The van der Waals surface area contributed by atoms with E-state index in [0.717, 1.165) is 54.3 Å². The average Bonchev–Trinajstić information content (AvgIpc) is 2.55. The summed E-state index contributed by atoms with van der Waals surface area (Å²) in [6, 6.07) is 8.01. The molecule has 4 aliphatic rings. The van der Waals surface area contributed by atoms with Crippen molar-refractivity contribution in [1.29, 1.82) is 0 Å². The highest BCUT2D eigenvalue weighted by Gasteiger charge is 2.60. The van der Waals surface area contributed by atoms with Gasteiger partial charge in [-0.3, -0.25) is 9.78 Å². The van der Waals surface area contributed by atoms with Crippen LogP contribution in [-0.2, 0) is 4.79 Å². The van der Waals surface area contributed by atoms with Crippen LogP contribution in [-0.4, -0.2) is 15.8 Å². The lowest BCUT2D eigenvalue weighted by molar-refractivity contribution is -0.138. The van der Waals surface area contributed by atoms with Crippen LogP contribution in [0.15, 0.2) is 30.5 Å². The molecular weight excluding hydrogens is 332 g/mol. The Labute approximate surface area is 153 Å².